The Bertz CT molecular complexity index is 918. The van der Waals surface area contributed by atoms with E-state index in [2.05, 4.69) is 13.8 Å². The normalized spacial score (nSPS) is 23.7. The van der Waals surface area contributed by atoms with Gasteiger partial charge >= 0.3 is 11.9 Å². The van der Waals surface area contributed by atoms with Gasteiger partial charge in [-0.05, 0) is 44.0 Å². The number of unbranched alkanes of at least 4 members (excludes halogenated alkanes) is 2. The smallest absolute Gasteiger partial charge is 0.338 e. The summed E-state index contributed by atoms with van der Waals surface area (Å²) in [7, 11) is 0. The highest BCUT2D eigenvalue weighted by atomic mass is 16.6. The van der Waals surface area contributed by atoms with Gasteiger partial charge in [-0.25, -0.2) is 9.59 Å². The van der Waals surface area contributed by atoms with Crippen LogP contribution in [0, 0.1) is 0 Å². The van der Waals surface area contributed by atoms with Gasteiger partial charge in [0.1, 0.15) is 24.9 Å². The highest BCUT2D eigenvalue weighted by Gasteiger charge is 2.48. The van der Waals surface area contributed by atoms with Crippen LogP contribution in [0.4, 0.5) is 0 Å². The molecule has 196 valence electrons. The van der Waals surface area contributed by atoms with Crippen LogP contribution in [0.2, 0.25) is 0 Å². The van der Waals surface area contributed by atoms with Crippen molar-refractivity contribution in [1.82, 2.24) is 0 Å². The first-order valence-corrected chi connectivity index (χ1v) is 12.9. The molecule has 0 aliphatic carbocycles. The summed E-state index contributed by atoms with van der Waals surface area (Å²) >= 11 is 0. The number of carbonyl (C=O) groups excluding carboxylic acids is 2. The summed E-state index contributed by atoms with van der Waals surface area (Å²) in [6.07, 6.45) is 0.716. The Labute approximate surface area is 214 Å². The van der Waals surface area contributed by atoms with Gasteiger partial charge in [-0.2, -0.15) is 0 Å². The van der Waals surface area contributed by atoms with Gasteiger partial charge in [-0.3, -0.25) is 0 Å². The van der Waals surface area contributed by atoms with E-state index in [9.17, 15) is 9.59 Å². The number of rotatable bonds is 13. The molecule has 2 aromatic rings. The first-order valence-electron chi connectivity index (χ1n) is 12.9. The van der Waals surface area contributed by atoms with Crippen LogP contribution in [-0.4, -0.2) is 62.3 Å². The molecule has 5 atom stereocenters. The summed E-state index contributed by atoms with van der Waals surface area (Å²) in [5, 5.41) is 0. The minimum Gasteiger partial charge on any atom is -0.459 e. The molecule has 0 spiro atoms. The molecule has 1 aliphatic rings. The molecule has 3 rings (SSSR count). The third kappa shape index (κ3) is 7.88. The predicted molar refractivity (Wildman–Crippen MR) is 136 cm³/mol. The monoisotopic (exact) mass is 498 g/mol. The van der Waals surface area contributed by atoms with E-state index in [1.807, 2.05) is 19.1 Å². The van der Waals surface area contributed by atoms with Crippen LogP contribution >= 0.6 is 0 Å². The van der Waals surface area contributed by atoms with Crippen LogP contribution in [0.5, 0.6) is 0 Å². The fourth-order valence-electron chi connectivity index (χ4n) is 4.11. The van der Waals surface area contributed by atoms with Crippen molar-refractivity contribution in [1.29, 1.82) is 0 Å². The highest BCUT2D eigenvalue weighted by molar-refractivity contribution is 5.89. The molecule has 7 heteroatoms. The Kier molecular flexibility index (Phi) is 11.4. The lowest BCUT2D eigenvalue weighted by atomic mass is 9.94. The Hall–Kier alpha value is -2.74. The third-order valence-corrected chi connectivity index (χ3v) is 6.12. The molecule has 0 saturated carbocycles. The molecule has 7 nitrogen and oxygen atoms in total. The van der Waals surface area contributed by atoms with Crippen molar-refractivity contribution in [3.05, 3.63) is 71.8 Å². The van der Waals surface area contributed by atoms with Gasteiger partial charge in [0.15, 0.2) is 6.10 Å². The molecule has 0 aromatic heterocycles. The standard InChI is InChI=1S/C29H38O7/c1-4-6-18-32-25-21(3)35-24(20-34-28(30)22-14-10-8-11-15-22)26(33-19-7-5-2)27(25)36-29(31)23-16-12-9-13-17-23/h8-17,21,24-27H,4-7,18-20H2,1-3H3/t21-,24?,25?,26?,27?/m1/s1. The van der Waals surface area contributed by atoms with Crippen LogP contribution in [0.1, 0.15) is 67.2 Å². The van der Waals surface area contributed by atoms with Gasteiger partial charge in [-0.15, -0.1) is 0 Å². The topological polar surface area (TPSA) is 80.3 Å². The second kappa shape index (κ2) is 14.7. The van der Waals surface area contributed by atoms with Gasteiger partial charge in [0, 0.05) is 13.2 Å². The quantitative estimate of drug-likeness (QED) is 0.276. The van der Waals surface area contributed by atoms with Gasteiger partial charge in [0.05, 0.1) is 17.2 Å². The molecule has 1 heterocycles. The average molecular weight is 499 g/mol. The van der Waals surface area contributed by atoms with Crippen molar-refractivity contribution in [2.45, 2.75) is 77.0 Å². The maximum absolute atomic E-state index is 13.1. The van der Waals surface area contributed by atoms with Crippen LogP contribution in [0.15, 0.2) is 60.7 Å². The average Bonchev–Trinajstić information content (AvgIpc) is 2.91. The van der Waals surface area contributed by atoms with E-state index in [4.69, 9.17) is 23.7 Å². The first-order chi connectivity index (χ1) is 17.5. The van der Waals surface area contributed by atoms with Crippen molar-refractivity contribution in [3.63, 3.8) is 0 Å². The Morgan fingerprint density at radius 2 is 1.28 bits per heavy atom. The summed E-state index contributed by atoms with van der Waals surface area (Å²) in [6.45, 7) is 6.99. The molecule has 1 aliphatic heterocycles. The number of benzene rings is 2. The summed E-state index contributed by atoms with van der Waals surface area (Å²) < 4.78 is 30.3. The van der Waals surface area contributed by atoms with Crippen molar-refractivity contribution < 1.29 is 33.3 Å². The number of esters is 2. The molecule has 0 N–H and O–H groups in total. The highest BCUT2D eigenvalue weighted by Crippen LogP contribution is 2.30. The fraction of sp³-hybridized carbons (Fsp3) is 0.517. The molecule has 36 heavy (non-hydrogen) atoms. The van der Waals surface area contributed by atoms with Crippen molar-refractivity contribution in [3.8, 4) is 0 Å². The maximum atomic E-state index is 13.1. The van der Waals surface area contributed by atoms with E-state index in [0.717, 1.165) is 25.7 Å². The van der Waals surface area contributed by atoms with E-state index in [-0.39, 0.29) is 6.61 Å². The van der Waals surface area contributed by atoms with Crippen molar-refractivity contribution in [2.24, 2.45) is 0 Å². The largest absolute Gasteiger partial charge is 0.459 e. The molecule has 1 fully saturated rings. The number of ether oxygens (including phenoxy) is 5. The number of carbonyl (C=O) groups is 2. The first kappa shape index (κ1) is 27.8. The number of hydrogen-bond acceptors (Lipinski definition) is 7. The minimum absolute atomic E-state index is 0.0318. The fourth-order valence-corrected chi connectivity index (χ4v) is 4.11. The number of hydrogen-bond donors (Lipinski definition) is 0. The molecular formula is C29H38O7. The molecule has 0 radical (unpaired) electrons. The summed E-state index contributed by atoms with van der Waals surface area (Å²) in [5.74, 6) is -0.902. The predicted octanol–water partition coefficient (Wildman–Crippen LogP) is 5.23. The van der Waals surface area contributed by atoms with Crippen LogP contribution in [0.3, 0.4) is 0 Å². The van der Waals surface area contributed by atoms with E-state index in [1.54, 1.807) is 48.5 Å². The van der Waals surface area contributed by atoms with E-state index in [0.29, 0.717) is 24.3 Å². The SMILES string of the molecule is CCCCOC1C(COC(=O)c2ccccc2)O[C@H](C)C(OCCCC)C1OC(=O)c1ccccc1. The van der Waals surface area contributed by atoms with Gasteiger partial charge in [0.2, 0.25) is 0 Å². The van der Waals surface area contributed by atoms with Crippen LogP contribution < -0.4 is 0 Å². The molecule has 1 saturated heterocycles. The Morgan fingerprint density at radius 1 is 0.750 bits per heavy atom. The van der Waals surface area contributed by atoms with Crippen LogP contribution in [0.25, 0.3) is 0 Å². The zero-order valence-electron chi connectivity index (χ0n) is 21.5. The third-order valence-electron chi connectivity index (χ3n) is 6.12. The minimum atomic E-state index is -0.726. The van der Waals surface area contributed by atoms with Gasteiger partial charge < -0.3 is 23.7 Å². The second-order valence-corrected chi connectivity index (χ2v) is 8.96. The molecule has 0 amide bonds. The van der Waals surface area contributed by atoms with Crippen LogP contribution in [-0.2, 0) is 23.7 Å². The summed E-state index contributed by atoms with van der Waals surface area (Å²) in [6, 6.07) is 17.6. The molecule has 2 aromatic carbocycles. The second-order valence-electron chi connectivity index (χ2n) is 8.96. The van der Waals surface area contributed by atoms with E-state index in [1.165, 1.54) is 0 Å². The molecule has 0 bridgehead atoms. The maximum Gasteiger partial charge on any atom is 0.338 e. The summed E-state index contributed by atoms with van der Waals surface area (Å²) in [4.78, 5) is 25.7. The Balaban J connectivity index is 1.82. The molecular weight excluding hydrogens is 460 g/mol. The zero-order valence-corrected chi connectivity index (χ0v) is 21.5. The van der Waals surface area contributed by atoms with E-state index < -0.39 is 42.5 Å². The lowest BCUT2D eigenvalue weighted by molar-refractivity contribution is -0.248. The van der Waals surface area contributed by atoms with Crippen molar-refractivity contribution >= 4 is 11.9 Å². The lowest BCUT2D eigenvalue weighted by Crippen LogP contribution is -2.61. The Morgan fingerprint density at radius 3 is 1.83 bits per heavy atom. The van der Waals surface area contributed by atoms with E-state index >= 15 is 0 Å². The molecule has 4 unspecified atom stereocenters. The van der Waals surface area contributed by atoms with Gasteiger partial charge in [-0.1, -0.05) is 63.1 Å². The summed E-state index contributed by atoms with van der Waals surface area (Å²) in [5.41, 5.74) is 0.904. The van der Waals surface area contributed by atoms with Crippen molar-refractivity contribution in [2.75, 3.05) is 19.8 Å². The lowest BCUT2D eigenvalue weighted by Gasteiger charge is -2.44. The van der Waals surface area contributed by atoms with Gasteiger partial charge in [0.25, 0.3) is 0 Å². The zero-order chi connectivity index (χ0) is 25.8.